The molecule has 3 aliphatic rings. The second-order valence-electron chi connectivity index (χ2n) is 6.22. The Kier molecular flexibility index (Phi) is 8.46. The monoisotopic (exact) mass is 518 g/mol. The molecule has 1 aromatic carbocycles. The number of amides is 1. The Bertz CT molecular complexity index is 746. The molecule has 0 radical (unpaired) electrons. The van der Waals surface area contributed by atoms with E-state index in [0.29, 0.717) is 23.9 Å². The Morgan fingerprint density at radius 1 is 1.00 bits per heavy atom. The molecular weight excluding hydrogens is 500 g/mol. The van der Waals surface area contributed by atoms with Crippen LogP contribution in [0.4, 0.5) is 4.79 Å². The zero-order valence-corrected chi connectivity index (χ0v) is 18.1. The van der Waals surface area contributed by atoms with Crippen LogP contribution < -0.4 is 4.74 Å². The highest BCUT2D eigenvalue weighted by molar-refractivity contribution is 9.11. The first-order chi connectivity index (χ1) is 13.3. The van der Waals surface area contributed by atoms with Gasteiger partial charge in [0.15, 0.2) is 0 Å². The van der Waals surface area contributed by atoms with Gasteiger partial charge in [-0.05, 0) is 47.0 Å². The number of fused-ring (bicyclic) bond motifs is 4. The number of aliphatic carboxylic acids is 2. The minimum atomic E-state index is -1.26. The molecule has 0 spiro atoms. The van der Waals surface area contributed by atoms with Gasteiger partial charge >= 0.3 is 18.0 Å². The predicted molar refractivity (Wildman–Crippen MR) is 108 cm³/mol. The van der Waals surface area contributed by atoms with E-state index in [1.165, 1.54) is 0 Å². The number of carboxylic acids is 2. The quantitative estimate of drug-likeness (QED) is 0.590. The summed E-state index contributed by atoms with van der Waals surface area (Å²) in [6.07, 6.45) is 2.99. The van der Waals surface area contributed by atoms with E-state index in [-0.39, 0.29) is 6.09 Å². The van der Waals surface area contributed by atoms with E-state index in [4.69, 9.17) is 14.9 Å². The van der Waals surface area contributed by atoms with E-state index in [9.17, 15) is 14.4 Å². The highest BCUT2D eigenvalue weighted by Gasteiger charge is 2.33. The largest absolute Gasteiger partial charge is 0.478 e. The van der Waals surface area contributed by atoms with Gasteiger partial charge in [-0.2, -0.15) is 0 Å². The summed E-state index contributed by atoms with van der Waals surface area (Å²) in [5.74, 6) is -1.95. The molecular formula is C18H20Br2N2O6. The SMILES string of the molecule is O=C(O)/C=C/C(=O)O.O=C(Oc1ccc(Br)cc1Br)N1CCN2CCC1CC2. The molecule has 0 aromatic heterocycles. The summed E-state index contributed by atoms with van der Waals surface area (Å²) in [5, 5.41) is 15.6. The number of nitrogens with zero attached hydrogens (tertiary/aromatic N) is 2. The first kappa shape index (κ1) is 22.4. The van der Waals surface area contributed by atoms with Crippen molar-refractivity contribution in [2.75, 3.05) is 26.2 Å². The van der Waals surface area contributed by atoms with Gasteiger partial charge in [0.25, 0.3) is 0 Å². The van der Waals surface area contributed by atoms with Gasteiger partial charge in [-0.1, -0.05) is 15.9 Å². The second-order valence-corrected chi connectivity index (χ2v) is 7.99. The highest BCUT2D eigenvalue weighted by atomic mass is 79.9. The summed E-state index contributed by atoms with van der Waals surface area (Å²) in [7, 11) is 0. The lowest BCUT2D eigenvalue weighted by Gasteiger charge is -2.30. The summed E-state index contributed by atoms with van der Waals surface area (Å²) >= 11 is 6.81. The molecule has 10 heteroatoms. The third-order valence-corrected chi connectivity index (χ3v) is 5.46. The molecule has 0 aliphatic carbocycles. The molecule has 3 fully saturated rings. The van der Waals surface area contributed by atoms with Gasteiger partial charge in [-0.3, -0.25) is 0 Å². The average Bonchev–Trinajstić information content (AvgIpc) is 2.97. The van der Waals surface area contributed by atoms with Crippen LogP contribution in [0.2, 0.25) is 0 Å². The van der Waals surface area contributed by atoms with Crippen LogP contribution in [0, 0.1) is 0 Å². The number of ether oxygens (including phenoxy) is 1. The van der Waals surface area contributed by atoms with Crippen LogP contribution in [0.25, 0.3) is 0 Å². The van der Waals surface area contributed by atoms with E-state index >= 15 is 0 Å². The van der Waals surface area contributed by atoms with E-state index in [0.717, 1.165) is 48.0 Å². The van der Waals surface area contributed by atoms with Crippen molar-refractivity contribution in [3.8, 4) is 5.75 Å². The minimum absolute atomic E-state index is 0.234. The first-order valence-electron chi connectivity index (χ1n) is 8.56. The van der Waals surface area contributed by atoms with Crippen LogP contribution in [0.5, 0.6) is 5.75 Å². The molecule has 1 amide bonds. The third kappa shape index (κ3) is 6.92. The van der Waals surface area contributed by atoms with Crippen molar-refractivity contribution in [3.63, 3.8) is 0 Å². The van der Waals surface area contributed by atoms with Gasteiger partial charge < -0.3 is 24.7 Å². The number of hydrogen-bond acceptors (Lipinski definition) is 5. The lowest BCUT2D eigenvalue weighted by atomic mass is 10.1. The second kappa shape index (κ2) is 10.6. The Hall–Kier alpha value is -1.91. The Labute approximate surface area is 179 Å². The number of carboxylic acid groups (broad SMARTS) is 2. The molecule has 3 saturated heterocycles. The van der Waals surface area contributed by atoms with Crippen molar-refractivity contribution < 1.29 is 29.3 Å². The fourth-order valence-corrected chi connectivity index (χ4v) is 4.11. The Morgan fingerprint density at radius 2 is 1.61 bits per heavy atom. The van der Waals surface area contributed by atoms with E-state index in [1.54, 1.807) is 6.07 Å². The van der Waals surface area contributed by atoms with Crippen LogP contribution in [0.3, 0.4) is 0 Å². The van der Waals surface area contributed by atoms with Crippen LogP contribution in [0.15, 0.2) is 39.3 Å². The smallest absolute Gasteiger partial charge is 0.415 e. The van der Waals surface area contributed by atoms with Gasteiger partial charge in [0.05, 0.1) is 4.47 Å². The third-order valence-electron chi connectivity index (χ3n) is 4.35. The Balaban J connectivity index is 0.000000300. The van der Waals surface area contributed by atoms with E-state index in [1.807, 2.05) is 17.0 Å². The van der Waals surface area contributed by atoms with Crippen molar-refractivity contribution in [2.45, 2.75) is 18.9 Å². The minimum Gasteiger partial charge on any atom is -0.478 e. The molecule has 1 aromatic rings. The highest BCUT2D eigenvalue weighted by Crippen LogP contribution is 2.29. The lowest BCUT2D eigenvalue weighted by molar-refractivity contribution is -0.134. The maximum atomic E-state index is 12.4. The molecule has 3 aliphatic heterocycles. The number of hydrogen-bond donors (Lipinski definition) is 2. The normalized spacial score (nSPS) is 20.9. The maximum absolute atomic E-state index is 12.4. The van der Waals surface area contributed by atoms with Crippen molar-refractivity contribution >= 4 is 49.9 Å². The standard InChI is InChI=1S/C14H16Br2N2O2.C4H4O4/c15-10-1-2-13(12(16)9-10)20-14(19)18-8-7-17-5-3-11(18)4-6-17;5-3(6)1-2-4(7)8/h1-2,9,11H,3-8H2;1-2H,(H,5,6)(H,7,8)/b;2-1+. The average molecular weight is 520 g/mol. The molecule has 3 heterocycles. The number of rotatable bonds is 3. The molecule has 0 saturated carbocycles. The molecule has 0 atom stereocenters. The lowest BCUT2D eigenvalue weighted by Crippen LogP contribution is -2.43. The number of carbonyl (C=O) groups is 3. The van der Waals surface area contributed by atoms with Crippen molar-refractivity contribution in [2.24, 2.45) is 0 Å². The summed E-state index contributed by atoms with van der Waals surface area (Å²) in [6.45, 7) is 3.90. The fraction of sp³-hybridized carbons (Fsp3) is 0.389. The summed E-state index contributed by atoms with van der Waals surface area (Å²) in [5.41, 5.74) is 0. The zero-order valence-electron chi connectivity index (χ0n) is 14.9. The summed E-state index contributed by atoms with van der Waals surface area (Å²) < 4.78 is 7.28. The first-order valence-corrected chi connectivity index (χ1v) is 10.1. The van der Waals surface area contributed by atoms with E-state index in [2.05, 4.69) is 36.8 Å². The van der Waals surface area contributed by atoms with Gasteiger partial charge in [0.2, 0.25) is 0 Å². The fourth-order valence-electron chi connectivity index (χ4n) is 2.98. The number of halogens is 2. The van der Waals surface area contributed by atoms with Crippen LogP contribution in [0.1, 0.15) is 12.8 Å². The van der Waals surface area contributed by atoms with Crippen molar-refractivity contribution in [1.82, 2.24) is 9.80 Å². The van der Waals surface area contributed by atoms with Crippen LogP contribution in [-0.4, -0.2) is 70.3 Å². The Morgan fingerprint density at radius 3 is 2.14 bits per heavy atom. The van der Waals surface area contributed by atoms with Gasteiger partial charge in [0, 0.05) is 48.8 Å². The topological polar surface area (TPSA) is 107 Å². The number of piperidine rings is 1. The molecule has 152 valence electrons. The summed E-state index contributed by atoms with van der Waals surface area (Å²) in [6, 6.07) is 5.87. The molecule has 2 bridgehead atoms. The predicted octanol–water partition coefficient (Wildman–Crippen LogP) is 3.20. The van der Waals surface area contributed by atoms with E-state index < -0.39 is 11.9 Å². The number of carbonyl (C=O) groups excluding carboxylic acids is 1. The van der Waals surface area contributed by atoms with Gasteiger partial charge in [-0.25, -0.2) is 14.4 Å². The molecule has 8 nitrogen and oxygen atoms in total. The molecule has 2 N–H and O–H groups in total. The molecule has 28 heavy (non-hydrogen) atoms. The summed E-state index contributed by atoms with van der Waals surface area (Å²) in [4.78, 5) is 35.8. The maximum Gasteiger partial charge on any atom is 0.415 e. The molecule has 0 unspecified atom stereocenters. The van der Waals surface area contributed by atoms with Crippen molar-refractivity contribution in [1.29, 1.82) is 0 Å². The zero-order chi connectivity index (χ0) is 20.7. The van der Waals surface area contributed by atoms with Crippen molar-refractivity contribution in [3.05, 3.63) is 39.3 Å². The van der Waals surface area contributed by atoms with Crippen LogP contribution in [-0.2, 0) is 9.59 Å². The molecule has 4 rings (SSSR count). The van der Waals surface area contributed by atoms with Gasteiger partial charge in [-0.15, -0.1) is 0 Å². The van der Waals surface area contributed by atoms with Crippen LogP contribution >= 0.6 is 31.9 Å². The van der Waals surface area contributed by atoms with Gasteiger partial charge in [0.1, 0.15) is 5.75 Å². The number of benzene rings is 1.